The maximum atomic E-state index is 13.0. The third-order valence-corrected chi connectivity index (χ3v) is 5.74. The van der Waals surface area contributed by atoms with Gasteiger partial charge in [0.05, 0.1) is 25.7 Å². The summed E-state index contributed by atoms with van der Waals surface area (Å²) in [6.45, 7) is 5.49. The number of anilines is 1. The first kappa shape index (κ1) is 16.3. The minimum Gasteiger partial charge on any atom is -0.334 e. The maximum absolute atomic E-state index is 13.0. The normalized spacial score (nSPS) is 24.2. The predicted octanol–water partition coefficient (Wildman–Crippen LogP) is 2.77. The molecule has 2 aromatic carbocycles. The van der Waals surface area contributed by atoms with E-state index in [1.54, 1.807) is 4.90 Å². The molecule has 3 heteroatoms. The molecule has 25 heavy (non-hydrogen) atoms. The molecule has 0 aromatic heterocycles. The van der Waals surface area contributed by atoms with Crippen LogP contribution in [0.4, 0.5) is 5.69 Å². The largest absolute Gasteiger partial charge is 0.334 e. The van der Waals surface area contributed by atoms with Crippen LogP contribution in [-0.4, -0.2) is 25.5 Å². The molecule has 2 fully saturated rings. The second-order valence-electron chi connectivity index (χ2n) is 7.52. The molecule has 2 atom stereocenters. The second-order valence-corrected chi connectivity index (χ2v) is 7.52. The number of nitrogens with one attached hydrogen (secondary N) is 1. The van der Waals surface area contributed by atoms with Crippen molar-refractivity contribution in [3.63, 3.8) is 0 Å². The van der Waals surface area contributed by atoms with Crippen LogP contribution in [0.1, 0.15) is 36.4 Å². The van der Waals surface area contributed by atoms with Gasteiger partial charge in [-0.1, -0.05) is 48.0 Å². The van der Waals surface area contributed by atoms with E-state index in [0.717, 1.165) is 12.2 Å². The summed E-state index contributed by atoms with van der Waals surface area (Å²) in [4.78, 5) is 16.6. The monoisotopic (exact) mass is 335 g/mol. The van der Waals surface area contributed by atoms with Gasteiger partial charge in [0, 0.05) is 5.69 Å². The molecule has 130 valence electrons. The molecule has 4 rings (SSSR count). The molecule has 2 aliphatic heterocycles. The van der Waals surface area contributed by atoms with Gasteiger partial charge in [-0.25, -0.2) is 0 Å². The number of rotatable bonds is 4. The minimum absolute atomic E-state index is 0.108. The summed E-state index contributed by atoms with van der Waals surface area (Å²) < 4.78 is 0. The quantitative estimate of drug-likeness (QED) is 0.854. The van der Waals surface area contributed by atoms with Crippen LogP contribution in [0.2, 0.25) is 0 Å². The molecule has 0 aliphatic carbocycles. The lowest BCUT2D eigenvalue weighted by atomic mass is 9.81. The molecule has 0 radical (unpaired) electrons. The van der Waals surface area contributed by atoms with E-state index in [9.17, 15) is 4.79 Å². The number of piperidine rings is 1. The van der Waals surface area contributed by atoms with Crippen molar-refractivity contribution in [3.8, 4) is 0 Å². The first-order valence-corrected chi connectivity index (χ1v) is 9.52. The van der Waals surface area contributed by atoms with Crippen molar-refractivity contribution in [1.82, 2.24) is 0 Å². The summed E-state index contributed by atoms with van der Waals surface area (Å²) in [6, 6.07) is 19.0. The average Bonchev–Trinajstić information content (AvgIpc) is 2.66. The third kappa shape index (κ3) is 3.21. The zero-order valence-corrected chi connectivity index (χ0v) is 14.9. The van der Waals surface area contributed by atoms with E-state index in [1.165, 1.54) is 43.5 Å². The summed E-state index contributed by atoms with van der Waals surface area (Å²) in [5.41, 5.74) is 3.50. The molecule has 1 N–H and O–H groups in total. The van der Waals surface area contributed by atoms with E-state index in [4.69, 9.17) is 0 Å². The van der Waals surface area contributed by atoms with E-state index >= 15 is 0 Å². The molecule has 2 saturated heterocycles. The molecule has 2 heterocycles. The van der Waals surface area contributed by atoms with Crippen molar-refractivity contribution >= 4 is 11.6 Å². The van der Waals surface area contributed by atoms with Crippen LogP contribution in [0.25, 0.3) is 0 Å². The Bertz CT molecular complexity index is 719. The lowest BCUT2D eigenvalue weighted by molar-refractivity contribution is -0.907. The van der Waals surface area contributed by atoms with Crippen LogP contribution in [0.3, 0.4) is 0 Å². The summed E-state index contributed by atoms with van der Waals surface area (Å²) in [5.74, 6) is 0.396. The molecule has 0 bridgehead atoms. The summed E-state index contributed by atoms with van der Waals surface area (Å²) >= 11 is 0. The van der Waals surface area contributed by atoms with Crippen molar-refractivity contribution in [2.75, 3.05) is 24.5 Å². The highest BCUT2D eigenvalue weighted by atomic mass is 16.2. The Morgan fingerprint density at radius 1 is 0.960 bits per heavy atom. The lowest BCUT2D eigenvalue weighted by Crippen LogP contribution is -3.14. The van der Waals surface area contributed by atoms with Gasteiger partial charge in [0.2, 0.25) is 5.91 Å². The molecular weight excluding hydrogens is 308 g/mol. The zero-order valence-electron chi connectivity index (χ0n) is 14.9. The highest BCUT2D eigenvalue weighted by molar-refractivity contribution is 6.03. The van der Waals surface area contributed by atoms with E-state index < -0.39 is 0 Å². The molecular formula is C22H27N2O+. The van der Waals surface area contributed by atoms with Crippen LogP contribution >= 0.6 is 0 Å². The van der Waals surface area contributed by atoms with Gasteiger partial charge in [-0.2, -0.15) is 0 Å². The minimum atomic E-state index is 0.108. The fraction of sp³-hybridized carbons (Fsp3) is 0.409. The summed E-state index contributed by atoms with van der Waals surface area (Å²) in [7, 11) is 0. The Hall–Kier alpha value is -2.13. The number of carbonyl (C=O) groups excluding carboxylic acids is 1. The molecule has 0 spiro atoms. The number of aryl methyl sites for hydroxylation is 1. The topological polar surface area (TPSA) is 24.8 Å². The molecule has 0 unspecified atom stereocenters. The number of hydrogen-bond acceptors (Lipinski definition) is 1. The van der Waals surface area contributed by atoms with Gasteiger partial charge in [-0.05, 0) is 43.9 Å². The number of benzene rings is 2. The number of carbonyl (C=O) groups is 1. The number of quaternary nitrogens is 1. The predicted molar refractivity (Wildman–Crippen MR) is 101 cm³/mol. The number of nitrogens with zero attached hydrogens (tertiary/aromatic N) is 1. The van der Waals surface area contributed by atoms with Crippen molar-refractivity contribution in [2.45, 2.75) is 32.2 Å². The number of amides is 1. The Labute approximate surface area is 150 Å². The maximum Gasteiger partial charge on any atom is 0.238 e. The summed E-state index contributed by atoms with van der Waals surface area (Å²) in [5, 5.41) is 0. The van der Waals surface area contributed by atoms with E-state index in [2.05, 4.69) is 55.5 Å². The van der Waals surface area contributed by atoms with Gasteiger partial charge in [-0.3, -0.25) is 4.79 Å². The van der Waals surface area contributed by atoms with Crippen LogP contribution < -0.4 is 9.80 Å². The first-order valence-electron chi connectivity index (χ1n) is 9.52. The third-order valence-electron chi connectivity index (χ3n) is 5.74. The number of likely N-dealkylation sites (tertiary alicyclic amines) is 1. The van der Waals surface area contributed by atoms with Gasteiger partial charge in [0.15, 0.2) is 0 Å². The van der Waals surface area contributed by atoms with Gasteiger partial charge < -0.3 is 9.80 Å². The number of β-lactam (4-membered cyclic amide) rings is 1. The van der Waals surface area contributed by atoms with Gasteiger partial charge in [-0.15, -0.1) is 0 Å². The van der Waals surface area contributed by atoms with Crippen molar-refractivity contribution in [2.24, 2.45) is 5.92 Å². The van der Waals surface area contributed by atoms with E-state index in [-0.39, 0.29) is 17.9 Å². The highest BCUT2D eigenvalue weighted by Crippen LogP contribution is 2.42. The van der Waals surface area contributed by atoms with E-state index in [0.29, 0.717) is 0 Å². The molecule has 2 aromatic rings. The van der Waals surface area contributed by atoms with Crippen molar-refractivity contribution in [1.29, 1.82) is 0 Å². The summed E-state index contributed by atoms with van der Waals surface area (Å²) in [6.07, 6.45) is 3.95. The SMILES string of the molecule is Cc1ccc(N2C(=O)[C@H](C[NH+]3CCCCC3)[C@@H]2c2ccccc2)cc1. The smallest absolute Gasteiger partial charge is 0.238 e. The Kier molecular flexibility index (Phi) is 4.58. The van der Waals surface area contributed by atoms with Gasteiger partial charge in [0.1, 0.15) is 5.92 Å². The fourth-order valence-electron chi connectivity index (χ4n) is 4.34. The van der Waals surface area contributed by atoms with Crippen LogP contribution in [0.5, 0.6) is 0 Å². The van der Waals surface area contributed by atoms with Crippen LogP contribution in [-0.2, 0) is 4.79 Å². The Morgan fingerprint density at radius 3 is 2.32 bits per heavy atom. The zero-order chi connectivity index (χ0) is 17.2. The molecule has 2 aliphatic rings. The molecule has 3 nitrogen and oxygen atoms in total. The lowest BCUT2D eigenvalue weighted by Gasteiger charge is -2.48. The Morgan fingerprint density at radius 2 is 1.64 bits per heavy atom. The van der Waals surface area contributed by atoms with Gasteiger partial charge >= 0.3 is 0 Å². The molecule has 0 saturated carbocycles. The second kappa shape index (κ2) is 7.01. The Balaban J connectivity index is 1.60. The van der Waals surface area contributed by atoms with E-state index in [1.807, 2.05) is 11.0 Å². The average molecular weight is 335 g/mol. The standard InChI is InChI=1S/C22H26N2O/c1-17-10-12-19(13-11-17)24-21(18-8-4-2-5-9-18)20(22(24)25)16-23-14-6-3-7-15-23/h2,4-5,8-13,20-21H,3,6-7,14-16H2,1H3/p+1/t20-,21+/m1/s1. The fourth-order valence-corrected chi connectivity index (χ4v) is 4.34. The van der Waals surface area contributed by atoms with Gasteiger partial charge in [0.25, 0.3) is 0 Å². The van der Waals surface area contributed by atoms with Crippen molar-refractivity contribution < 1.29 is 9.69 Å². The first-order chi connectivity index (χ1) is 12.2. The molecule has 1 amide bonds. The van der Waals surface area contributed by atoms with Crippen LogP contribution in [0.15, 0.2) is 54.6 Å². The van der Waals surface area contributed by atoms with Crippen molar-refractivity contribution in [3.05, 3.63) is 65.7 Å². The highest BCUT2D eigenvalue weighted by Gasteiger charge is 2.50. The number of hydrogen-bond donors (Lipinski definition) is 1. The van der Waals surface area contributed by atoms with Crippen LogP contribution in [0, 0.1) is 12.8 Å².